The van der Waals surface area contributed by atoms with E-state index in [1.54, 1.807) is 12.1 Å². The standard InChI is InChI=1S/C14H11F3N2O2/c15-14(16,17)12-6-5-11(8-19-12)18-7-9-1-3-10(4-2-9)13(20)21/h1-6,8,18H,7H2,(H,20,21). The lowest BCUT2D eigenvalue weighted by molar-refractivity contribution is -0.141. The van der Waals surface area contributed by atoms with Crippen LogP contribution in [-0.4, -0.2) is 16.1 Å². The average Bonchev–Trinajstić information content (AvgIpc) is 2.45. The SMILES string of the molecule is O=C(O)c1ccc(CNc2ccc(C(F)(F)F)nc2)cc1. The first kappa shape index (κ1) is 14.8. The third-order valence-electron chi connectivity index (χ3n) is 2.75. The number of aromatic nitrogens is 1. The van der Waals surface area contributed by atoms with E-state index in [9.17, 15) is 18.0 Å². The number of rotatable bonds is 4. The first-order valence-corrected chi connectivity index (χ1v) is 5.95. The van der Waals surface area contributed by atoms with Crippen LogP contribution in [0, 0.1) is 0 Å². The molecule has 0 unspecified atom stereocenters. The number of pyridine rings is 1. The van der Waals surface area contributed by atoms with Crippen molar-refractivity contribution in [3.8, 4) is 0 Å². The lowest BCUT2D eigenvalue weighted by Gasteiger charge is -2.09. The molecule has 21 heavy (non-hydrogen) atoms. The van der Waals surface area contributed by atoms with Crippen LogP contribution in [0.4, 0.5) is 18.9 Å². The fourth-order valence-electron chi connectivity index (χ4n) is 1.64. The number of anilines is 1. The third-order valence-corrected chi connectivity index (χ3v) is 2.75. The van der Waals surface area contributed by atoms with Gasteiger partial charge in [-0.2, -0.15) is 13.2 Å². The van der Waals surface area contributed by atoms with Crippen molar-refractivity contribution in [3.05, 3.63) is 59.4 Å². The predicted octanol–water partition coefficient (Wildman–Crippen LogP) is 3.41. The van der Waals surface area contributed by atoms with Gasteiger partial charge in [-0.25, -0.2) is 9.78 Å². The number of alkyl halides is 3. The summed E-state index contributed by atoms with van der Waals surface area (Å²) in [6, 6.07) is 8.38. The fraction of sp³-hybridized carbons (Fsp3) is 0.143. The summed E-state index contributed by atoms with van der Waals surface area (Å²) in [6.45, 7) is 0.354. The Morgan fingerprint density at radius 2 is 1.81 bits per heavy atom. The predicted molar refractivity (Wildman–Crippen MR) is 70.0 cm³/mol. The molecule has 7 heteroatoms. The van der Waals surface area contributed by atoms with Gasteiger partial charge in [-0.3, -0.25) is 0 Å². The molecular weight excluding hydrogens is 285 g/mol. The minimum atomic E-state index is -4.45. The highest BCUT2D eigenvalue weighted by Gasteiger charge is 2.31. The Hall–Kier alpha value is -2.57. The van der Waals surface area contributed by atoms with Gasteiger partial charge in [0.05, 0.1) is 17.4 Å². The number of nitrogens with one attached hydrogen (secondary N) is 1. The molecular formula is C14H11F3N2O2. The number of benzene rings is 1. The molecule has 2 rings (SSSR count). The molecule has 0 spiro atoms. The highest BCUT2D eigenvalue weighted by atomic mass is 19.4. The molecule has 110 valence electrons. The van der Waals surface area contributed by atoms with Crippen LogP contribution in [0.1, 0.15) is 21.6 Å². The van der Waals surface area contributed by atoms with Crippen molar-refractivity contribution >= 4 is 11.7 Å². The summed E-state index contributed by atoms with van der Waals surface area (Å²) >= 11 is 0. The molecule has 0 aliphatic carbocycles. The highest BCUT2D eigenvalue weighted by Crippen LogP contribution is 2.27. The number of carboxylic acid groups (broad SMARTS) is 1. The van der Waals surface area contributed by atoms with Gasteiger partial charge < -0.3 is 10.4 Å². The van der Waals surface area contributed by atoms with E-state index in [0.29, 0.717) is 12.2 Å². The molecule has 2 aromatic rings. The minimum absolute atomic E-state index is 0.176. The van der Waals surface area contributed by atoms with Crippen molar-refractivity contribution in [1.29, 1.82) is 0 Å². The monoisotopic (exact) mass is 296 g/mol. The molecule has 0 radical (unpaired) electrons. The van der Waals surface area contributed by atoms with Gasteiger partial charge in [-0.05, 0) is 29.8 Å². The van der Waals surface area contributed by atoms with Crippen molar-refractivity contribution in [2.24, 2.45) is 0 Å². The number of nitrogens with zero attached hydrogens (tertiary/aromatic N) is 1. The van der Waals surface area contributed by atoms with E-state index in [0.717, 1.165) is 17.8 Å². The number of aromatic carboxylic acids is 1. The first-order chi connectivity index (χ1) is 9.86. The Balaban J connectivity index is 1.98. The van der Waals surface area contributed by atoms with E-state index in [2.05, 4.69) is 10.3 Å². The molecule has 0 atom stereocenters. The van der Waals surface area contributed by atoms with E-state index >= 15 is 0 Å². The summed E-state index contributed by atoms with van der Waals surface area (Å²) in [5, 5.41) is 11.7. The minimum Gasteiger partial charge on any atom is -0.478 e. The van der Waals surface area contributed by atoms with Gasteiger partial charge in [0.2, 0.25) is 0 Å². The van der Waals surface area contributed by atoms with Crippen LogP contribution in [0.15, 0.2) is 42.6 Å². The zero-order valence-corrected chi connectivity index (χ0v) is 10.7. The molecule has 0 saturated carbocycles. The van der Waals surface area contributed by atoms with E-state index in [1.165, 1.54) is 18.2 Å². The molecule has 1 aromatic heterocycles. The Morgan fingerprint density at radius 1 is 1.14 bits per heavy atom. The van der Waals surface area contributed by atoms with E-state index in [-0.39, 0.29) is 5.56 Å². The van der Waals surface area contributed by atoms with Crippen LogP contribution >= 0.6 is 0 Å². The zero-order valence-electron chi connectivity index (χ0n) is 10.7. The summed E-state index contributed by atoms with van der Waals surface area (Å²) in [4.78, 5) is 14.0. The highest BCUT2D eigenvalue weighted by molar-refractivity contribution is 5.87. The molecule has 0 aliphatic heterocycles. The maximum absolute atomic E-state index is 12.3. The summed E-state index contributed by atoms with van der Waals surface area (Å²) in [6.07, 6.45) is -3.35. The van der Waals surface area contributed by atoms with Crippen LogP contribution in [0.2, 0.25) is 0 Å². The Kier molecular flexibility index (Phi) is 4.11. The van der Waals surface area contributed by atoms with Crippen LogP contribution < -0.4 is 5.32 Å². The summed E-state index contributed by atoms with van der Waals surface area (Å²) in [5.74, 6) is -1.01. The first-order valence-electron chi connectivity index (χ1n) is 5.95. The largest absolute Gasteiger partial charge is 0.478 e. The second-order valence-corrected chi connectivity index (χ2v) is 4.29. The Morgan fingerprint density at radius 3 is 2.29 bits per heavy atom. The molecule has 1 aromatic carbocycles. The van der Waals surface area contributed by atoms with Crippen molar-refractivity contribution in [3.63, 3.8) is 0 Å². The van der Waals surface area contributed by atoms with Crippen LogP contribution in [0.5, 0.6) is 0 Å². The molecule has 0 fully saturated rings. The van der Waals surface area contributed by atoms with Crippen molar-refractivity contribution in [2.75, 3.05) is 5.32 Å². The van der Waals surface area contributed by atoms with Crippen LogP contribution in [0.3, 0.4) is 0 Å². The average molecular weight is 296 g/mol. The number of hydrogen-bond acceptors (Lipinski definition) is 3. The maximum Gasteiger partial charge on any atom is 0.433 e. The lowest BCUT2D eigenvalue weighted by Crippen LogP contribution is -2.08. The van der Waals surface area contributed by atoms with E-state index in [1.807, 2.05) is 0 Å². The zero-order chi connectivity index (χ0) is 15.5. The molecule has 0 bridgehead atoms. The maximum atomic E-state index is 12.3. The van der Waals surface area contributed by atoms with E-state index < -0.39 is 17.8 Å². The number of hydrogen-bond donors (Lipinski definition) is 2. The molecule has 1 heterocycles. The van der Waals surface area contributed by atoms with Gasteiger partial charge >= 0.3 is 12.1 Å². The van der Waals surface area contributed by atoms with Gasteiger partial charge in [0, 0.05) is 6.54 Å². The van der Waals surface area contributed by atoms with Gasteiger partial charge in [0.25, 0.3) is 0 Å². The molecule has 2 N–H and O–H groups in total. The normalized spacial score (nSPS) is 11.2. The van der Waals surface area contributed by atoms with Gasteiger partial charge in [0.15, 0.2) is 0 Å². The lowest BCUT2D eigenvalue weighted by atomic mass is 10.1. The number of halogens is 3. The Labute approximate surface area is 118 Å². The Bertz CT molecular complexity index is 622. The summed E-state index contributed by atoms with van der Waals surface area (Å²) < 4.78 is 37.0. The molecule has 4 nitrogen and oxygen atoms in total. The quantitative estimate of drug-likeness (QED) is 0.907. The van der Waals surface area contributed by atoms with Crippen molar-refractivity contribution < 1.29 is 23.1 Å². The number of carbonyl (C=O) groups is 1. The second-order valence-electron chi connectivity index (χ2n) is 4.29. The summed E-state index contributed by atoms with van der Waals surface area (Å²) in [7, 11) is 0. The van der Waals surface area contributed by atoms with Crippen molar-refractivity contribution in [2.45, 2.75) is 12.7 Å². The summed E-state index contributed by atoms with van der Waals surface area (Å²) in [5.41, 5.74) is 0.485. The molecule has 0 saturated heterocycles. The van der Waals surface area contributed by atoms with Gasteiger partial charge in [-0.1, -0.05) is 12.1 Å². The fourth-order valence-corrected chi connectivity index (χ4v) is 1.64. The third kappa shape index (κ3) is 3.95. The topological polar surface area (TPSA) is 62.2 Å². The van der Waals surface area contributed by atoms with Crippen LogP contribution in [0.25, 0.3) is 0 Å². The second kappa shape index (κ2) is 5.82. The van der Waals surface area contributed by atoms with Gasteiger partial charge in [-0.15, -0.1) is 0 Å². The van der Waals surface area contributed by atoms with Crippen LogP contribution in [-0.2, 0) is 12.7 Å². The van der Waals surface area contributed by atoms with Crippen molar-refractivity contribution in [1.82, 2.24) is 4.98 Å². The molecule has 0 amide bonds. The van der Waals surface area contributed by atoms with Gasteiger partial charge in [0.1, 0.15) is 5.69 Å². The number of carboxylic acids is 1. The molecule has 0 aliphatic rings. The smallest absolute Gasteiger partial charge is 0.433 e. The van der Waals surface area contributed by atoms with E-state index in [4.69, 9.17) is 5.11 Å².